The van der Waals surface area contributed by atoms with Gasteiger partial charge in [0, 0.05) is 16.2 Å². The summed E-state index contributed by atoms with van der Waals surface area (Å²) in [7, 11) is -4.18. The standard InChI is InChI=1S/C42H48N3O4P/c1-7-28-31(10-4)40(43-37-22-16-13-19-34(28)37)25-47-50(46,48-26-41-32(11-5)29(8-2)35-20-14-17-23-38(35)44-41)49-27-42-33(12-6)30(9-3)36-21-15-18-24-39(36)45-42/h13-24H,7-12,25-27H2,1-6H3. The smallest absolute Gasteiger partial charge is 0.280 e. The van der Waals surface area contributed by atoms with E-state index in [0.29, 0.717) is 0 Å². The summed E-state index contributed by atoms with van der Waals surface area (Å²) in [6.45, 7) is 12.8. The lowest BCUT2D eigenvalue weighted by atomic mass is 9.97. The molecule has 3 heterocycles. The SMILES string of the molecule is CCc1c(COP(=O)(OCc2nc3ccccc3c(CC)c2CC)OCc2nc3ccccc3c(CC)c2CC)nc2ccccc2c1CC. The fourth-order valence-electron chi connectivity index (χ4n) is 7.48. The van der Waals surface area contributed by atoms with Crippen LogP contribution in [0.15, 0.2) is 72.8 Å². The maximum absolute atomic E-state index is 14.8. The van der Waals surface area contributed by atoms with E-state index in [9.17, 15) is 4.57 Å². The van der Waals surface area contributed by atoms with Crippen LogP contribution in [0.25, 0.3) is 32.7 Å². The van der Waals surface area contributed by atoms with Gasteiger partial charge >= 0.3 is 7.82 Å². The van der Waals surface area contributed by atoms with Gasteiger partial charge in [0.05, 0.1) is 33.6 Å². The number of fused-ring (bicyclic) bond motifs is 3. The van der Waals surface area contributed by atoms with Crippen molar-refractivity contribution in [2.24, 2.45) is 0 Å². The predicted octanol–water partition coefficient (Wildman–Crippen LogP) is 10.8. The van der Waals surface area contributed by atoms with Crippen molar-refractivity contribution in [2.75, 3.05) is 0 Å². The van der Waals surface area contributed by atoms with E-state index in [1.54, 1.807) is 0 Å². The number of aromatic nitrogens is 3. The second kappa shape index (κ2) is 15.9. The molecule has 0 spiro atoms. The maximum atomic E-state index is 14.8. The van der Waals surface area contributed by atoms with E-state index in [1.165, 1.54) is 16.7 Å². The monoisotopic (exact) mass is 689 g/mol. The summed E-state index contributed by atoms with van der Waals surface area (Å²) in [6.07, 6.45) is 4.87. The maximum Gasteiger partial charge on any atom is 0.475 e. The van der Waals surface area contributed by atoms with Crippen LogP contribution in [0.2, 0.25) is 0 Å². The molecule has 7 nitrogen and oxygen atoms in total. The first-order valence-corrected chi connectivity index (χ1v) is 19.6. The highest BCUT2D eigenvalue weighted by Crippen LogP contribution is 2.52. The molecule has 3 aromatic carbocycles. The molecule has 6 aromatic rings. The molecule has 0 aliphatic rings. The Morgan fingerprint density at radius 1 is 0.420 bits per heavy atom. The van der Waals surface area contributed by atoms with E-state index < -0.39 is 7.82 Å². The van der Waals surface area contributed by atoms with E-state index in [2.05, 4.69) is 59.7 Å². The first kappa shape index (κ1) is 35.8. The summed E-state index contributed by atoms with van der Waals surface area (Å²) < 4.78 is 33.7. The Labute approximate surface area is 296 Å². The van der Waals surface area contributed by atoms with Crippen LogP contribution in [0.3, 0.4) is 0 Å². The molecule has 0 saturated carbocycles. The Hall–Kier alpha value is -4.00. The third-order valence-electron chi connectivity index (χ3n) is 9.79. The van der Waals surface area contributed by atoms with Crippen LogP contribution >= 0.6 is 7.82 Å². The molecule has 0 radical (unpaired) electrons. The zero-order valence-electron chi connectivity index (χ0n) is 30.2. The summed E-state index contributed by atoms with van der Waals surface area (Å²) in [5.74, 6) is 0. The molecule has 3 aromatic heterocycles. The normalized spacial score (nSPS) is 12.0. The van der Waals surface area contributed by atoms with Gasteiger partial charge in [0.2, 0.25) is 0 Å². The van der Waals surface area contributed by atoms with Gasteiger partial charge in [0.1, 0.15) is 19.8 Å². The number of phosphoric ester groups is 1. The van der Waals surface area contributed by atoms with Crippen molar-refractivity contribution in [2.45, 2.75) is 99.9 Å². The molecule has 0 saturated heterocycles. The van der Waals surface area contributed by atoms with Crippen LogP contribution in [0.4, 0.5) is 0 Å². The molecule has 0 amide bonds. The molecule has 0 fully saturated rings. The Morgan fingerprint density at radius 2 is 0.680 bits per heavy atom. The topological polar surface area (TPSA) is 83.4 Å². The second-order valence-electron chi connectivity index (χ2n) is 12.5. The summed E-state index contributed by atoms with van der Waals surface area (Å²) in [5, 5.41) is 3.40. The lowest BCUT2D eigenvalue weighted by Crippen LogP contribution is -2.10. The van der Waals surface area contributed by atoms with Gasteiger partial charge in [0.15, 0.2) is 0 Å². The zero-order valence-corrected chi connectivity index (χ0v) is 31.1. The number of benzene rings is 3. The van der Waals surface area contributed by atoms with Gasteiger partial charge in [-0.05, 0) is 90.1 Å². The summed E-state index contributed by atoms with van der Waals surface area (Å²) in [4.78, 5) is 14.9. The fraction of sp³-hybridized carbons (Fsp3) is 0.357. The lowest BCUT2D eigenvalue weighted by Gasteiger charge is -2.22. The molecule has 0 atom stereocenters. The second-order valence-corrected chi connectivity index (χ2v) is 14.2. The van der Waals surface area contributed by atoms with Crippen LogP contribution in [0, 0.1) is 0 Å². The number of pyridine rings is 3. The Balaban J connectivity index is 1.38. The van der Waals surface area contributed by atoms with Gasteiger partial charge < -0.3 is 0 Å². The van der Waals surface area contributed by atoms with Crippen molar-refractivity contribution in [3.63, 3.8) is 0 Å². The van der Waals surface area contributed by atoms with Crippen LogP contribution in [-0.4, -0.2) is 15.0 Å². The molecule has 50 heavy (non-hydrogen) atoms. The minimum Gasteiger partial charge on any atom is -0.280 e. The predicted molar refractivity (Wildman–Crippen MR) is 203 cm³/mol. The molecule has 0 N–H and O–H groups in total. The number of rotatable bonds is 15. The average Bonchev–Trinajstić information content (AvgIpc) is 3.16. The fourth-order valence-corrected chi connectivity index (χ4v) is 8.55. The molecule has 0 bridgehead atoms. The van der Waals surface area contributed by atoms with E-state index >= 15 is 0 Å². The van der Waals surface area contributed by atoms with Gasteiger partial charge in [-0.25, -0.2) is 4.57 Å². The number of nitrogens with zero attached hydrogens (tertiary/aromatic N) is 3. The van der Waals surface area contributed by atoms with Crippen molar-refractivity contribution in [1.82, 2.24) is 15.0 Å². The third-order valence-corrected chi connectivity index (χ3v) is 11.1. The quantitative estimate of drug-likeness (QED) is 0.0992. The third kappa shape index (κ3) is 7.11. The molecular formula is C42H48N3O4P. The van der Waals surface area contributed by atoms with Gasteiger partial charge in [-0.2, -0.15) is 0 Å². The number of hydrogen-bond donors (Lipinski definition) is 0. The van der Waals surface area contributed by atoms with Crippen molar-refractivity contribution < 1.29 is 18.1 Å². The molecule has 0 aliphatic heterocycles. The van der Waals surface area contributed by atoms with E-state index in [0.717, 1.165) is 105 Å². The van der Waals surface area contributed by atoms with Crippen LogP contribution in [0.5, 0.6) is 0 Å². The molecule has 0 unspecified atom stereocenters. The highest BCUT2D eigenvalue weighted by Gasteiger charge is 2.30. The minimum atomic E-state index is -4.18. The number of hydrogen-bond acceptors (Lipinski definition) is 7. The van der Waals surface area contributed by atoms with Gasteiger partial charge in [-0.15, -0.1) is 0 Å². The Kier molecular flexibility index (Phi) is 11.4. The summed E-state index contributed by atoms with van der Waals surface area (Å²) in [6, 6.07) is 24.5. The average molecular weight is 690 g/mol. The number of aryl methyl sites for hydroxylation is 3. The van der Waals surface area contributed by atoms with Gasteiger partial charge in [-0.1, -0.05) is 96.1 Å². The Morgan fingerprint density at radius 3 is 0.940 bits per heavy atom. The summed E-state index contributed by atoms with van der Waals surface area (Å²) in [5.41, 5.74) is 11.9. The first-order chi connectivity index (χ1) is 24.4. The molecule has 6 rings (SSSR count). The highest BCUT2D eigenvalue weighted by atomic mass is 31.2. The van der Waals surface area contributed by atoms with Crippen molar-refractivity contribution in [3.8, 4) is 0 Å². The minimum absolute atomic E-state index is 0.0176. The van der Waals surface area contributed by atoms with Crippen LogP contribution < -0.4 is 0 Å². The molecule has 0 aliphatic carbocycles. The number of phosphoric acid groups is 1. The molecule has 260 valence electrons. The largest absolute Gasteiger partial charge is 0.475 e. The highest BCUT2D eigenvalue weighted by molar-refractivity contribution is 7.48. The van der Waals surface area contributed by atoms with Gasteiger partial charge in [0.25, 0.3) is 0 Å². The first-order valence-electron chi connectivity index (χ1n) is 18.1. The van der Waals surface area contributed by atoms with Crippen LogP contribution in [-0.2, 0) is 76.5 Å². The van der Waals surface area contributed by atoms with Crippen molar-refractivity contribution >= 4 is 40.5 Å². The molecular weight excluding hydrogens is 641 g/mol. The Bertz CT molecular complexity index is 1950. The van der Waals surface area contributed by atoms with E-state index in [1.807, 2.05) is 54.6 Å². The van der Waals surface area contributed by atoms with E-state index in [-0.39, 0.29) is 19.8 Å². The van der Waals surface area contributed by atoms with E-state index in [4.69, 9.17) is 28.5 Å². The van der Waals surface area contributed by atoms with Crippen molar-refractivity contribution in [1.29, 1.82) is 0 Å². The zero-order chi connectivity index (χ0) is 35.3. The van der Waals surface area contributed by atoms with Crippen LogP contribution in [0.1, 0.15) is 92.0 Å². The lowest BCUT2D eigenvalue weighted by molar-refractivity contribution is 0.0948. The summed E-state index contributed by atoms with van der Waals surface area (Å²) >= 11 is 0. The number of para-hydroxylation sites is 3. The molecule has 8 heteroatoms. The van der Waals surface area contributed by atoms with Crippen molar-refractivity contribution in [3.05, 3.63) is 123 Å². The van der Waals surface area contributed by atoms with Gasteiger partial charge in [-0.3, -0.25) is 28.5 Å².